The molecule has 0 radical (unpaired) electrons. The minimum atomic E-state index is -3.52. The quantitative estimate of drug-likeness (QED) is 0.349. The smallest absolute Gasteiger partial charge is 0.251 e. The lowest BCUT2D eigenvalue weighted by atomic mass is 9.98. The summed E-state index contributed by atoms with van der Waals surface area (Å²) in [5.41, 5.74) is 5.18. The van der Waals surface area contributed by atoms with Crippen LogP contribution in [0.1, 0.15) is 59.3 Å². The second kappa shape index (κ2) is 12.1. The van der Waals surface area contributed by atoms with Crippen LogP contribution in [0.15, 0.2) is 66.7 Å². The highest BCUT2D eigenvalue weighted by atomic mass is 32.2. The number of nitrogens with one attached hydrogen (secondary N) is 1. The molecule has 0 aromatic heterocycles. The zero-order valence-corrected chi connectivity index (χ0v) is 22.6. The van der Waals surface area contributed by atoms with Crippen LogP contribution < -0.4 is 14.4 Å². The number of hydrogen-bond acceptors (Lipinski definition) is 4. The molecular weight excluding hydrogens is 472 g/mol. The van der Waals surface area contributed by atoms with Crippen molar-refractivity contribution in [2.75, 3.05) is 23.7 Å². The predicted octanol–water partition coefficient (Wildman–Crippen LogP) is 5.46. The Balaban J connectivity index is 1.64. The summed E-state index contributed by atoms with van der Waals surface area (Å²) >= 11 is 0. The van der Waals surface area contributed by atoms with Crippen LogP contribution in [0.25, 0.3) is 0 Å². The van der Waals surface area contributed by atoms with Gasteiger partial charge in [-0.05, 0) is 65.8 Å². The first-order valence-electron chi connectivity index (χ1n) is 12.3. The summed E-state index contributed by atoms with van der Waals surface area (Å²) in [5.74, 6) is 0.748. The highest BCUT2D eigenvalue weighted by molar-refractivity contribution is 7.92. The molecule has 0 spiro atoms. The molecule has 3 aromatic carbocycles. The molecule has 192 valence electrons. The van der Waals surface area contributed by atoms with Gasteiger partial charge in [0.05, 0.1) is 25.0 Å². The Kier molecular flexibility index (Phi) is 9.15. The fourth-order valence-electron chi connectivity index (χ4n) is 4.03. The van der Waals surface area contributed by atoms with Crippen molar-refractivity contribution < 1.29 is 17.9 Å². The van der Waals surface area contributed by atoms with Crippen molar-refractivity contribution >= 4 is 21.6 Å². The zero-order chi connectivity index (χ0) is 26.3. The van der Waals surface area contributed by atoms with Gasteiger partial charge in [0.25, 0.3) is 5.91 Å². The van der Waals surface area contributed by atoms with Crippen LogP contribution in [0.4, 0.5) is 5.69 Å². The van der Waals surface area contributed by atoms with Gasteiger partial charge in [0, 0.05) is 5.56 Å². The van der Waals surface area contributed by atoms with Gasteiger partial charge in [-0.1, -0.05) is 63.2 Å². The monoisotopic (exact) mass is 508 g/mol. The molecule has 0 unspecified atom stereocenters. The lowest BCUT2D eigenvalue weighted by Crippen LogP contribution is -2.31. The van der Waals surface area contributed by atoms with E-state index in [9.17, 15) is 13.2 Å². The van der Waals surface area contributed by atoms with Crippen LogP contribution >= 0.6 is 0 Å². The number of anilines is 1. The molecule has 0 fully saturated rings. The van der Waals surface area contributed by atoms with E-state index in [0.29, 0.717) is 18.7 Å². The van der Waals surface area contributed by atoms with Crippen LogP contribution in [0.2, 0.25) is 0 Å². The van der Waals surface area contributed by atoms with E-state index >= 15 is 0 Å². The number of hydrogen-bond donors (Lipinski definition) is 1. The number of sulfonamides is 1. The van der Waals surface area contributed by atoms with E-state index < -0.39 is 10.0 Å². The summed E-state index contributed by atoms with van der Waals surface area (Å²) in [6.07, 6.45) is 2.21. The first-order chi connectivity index (χ1) is 17.1. The topological polar surface area (TPSA) is 75.7 Å². The molecule has 0 aliphatic carbocycles. The normalized spacial score (nSPS) is 11.4. The standard InChI is InChI=1S/C29H36N2O4S/c1-6-23-12-16-26(17-13-23)35-19-18-30-29(32)25-14-10-24(11-15-25)20-31(36(5,33)34)28-22(4)8-7-9-27(28)21(2)3/h7-17,21H,6,18-20H2,1-5H3,(H,30,32). The average Bonchev–Trinajstić information content (AvgIpc) is 2.85. The van der Waals surface area contributed by atoms with Gasteiger partial charge in [0.2, 0.25) is 10.0 Å². The summed E-state index contributed by atoms with van der Waals surface area (Å²) in [5, 5.41) is 2.86. The van der Waals surface area contributed by atoms with Crippen molar-refractivity contribution in [2.24, 2.45) is 0 Å². The highest BCUT2D eigenvalue weighted by Crippen LogP contribution is 2.33. The van der Waals surface area contributed by atoms with Crippen LogP contribution in [0.5, 0.6) is 5.75 Å². The van der Waals surface area contributed by atoms with Gasteiger partial charge < -0.3 is 10.1 Å². The lowest BCUT2D eigenvalue weighted by molar-refractivity contribution is 0.0947. The van der Waals surface area contributed by atoms with Gasteiger partial charge in [-0.2, -0.15) is 0 Å². The fourth-order valence-corrected chi connectivity index (χ4v) is 5.00. The molecule has 7 heteroatoms. The molecule has 0 aliphatic rings. The molecule has 0 saturated carbocycles. The molecule has 3 aromatic rings. The SMILES string of the molecule is CCc1ccc(OCCNC(=O)c2ccc(CN(c3c(C)cccc3C(C)C)S(C)(=O)=O)cc2)cc1. The second-order valence-electron chi connectivity index (χ2n) is 9.24. The summed E-state index contributed by atoms with van der Waals surface area (Å²) in [6, 6.07) is 20.8. The van der Waals surface area contributed by atoms with Gasteiger partial charge in [0.1, 0.15) is 12.4 Å². The summed E-state index contributed by atoms with van der Waals surface area (Å²) < 4.78 is 32.7. The van der Waals surface area contributed by atoms with Crippen molar-refractivity contribution in [3.05, 3.63) is 94.5 Å². The lowest BCUT2D eigenvalue weighted by Gasteiger charge is -2.28. The van der Waals surface area contributed by atoms with Crippen molar-refractivity contribution in [1.82, 2.24) is 5.32 Å². The van der Waals surface area contributed by atoms with Crippen LogP contribution in [-0.2, 0) is 23.0 Å². The molecule has 0 heterocycles. The number of carbonyl (C=O) groups is 1. The maximum Gasteiger partial charge on any atom is 0.251 e. The summed E-state index contributed by atoms with van der Waals surface area (Å²) in [4.78, 5) is 12.5. The minimum Gasteiger partial charge on any atom is -0.492 e. The molecule has 0 saturated heterocycles. The first kappa shape index (κ1) is 27.3. The van der Waals surface area contributed by atoms with Gasteiger partial charge >= 0.3 is 0 Å². The predicted molar refractivity (Wildman–Crippen MR) is 146 cm³/mol. The number of amides is 1. The van der Waals surface area contributed by atoms with E-state index in [2.05, 4.69) is 26.1 Å². The molecule has 0 atom stereocenters. The number of para-hydroxylation sites is 1. The van der Waals surface area contributed by atoms with Crippen LogP contribution in [0.3, 0.4) is 0 Å². The van der Waals surface area contributed by atoms with Gasteiger partial charge in [0.15, 0.2) is 0 Å². The van der Waals surface area contributed by atoms with E-state index in [1.165, 1.54) is 16.1 Å². The molecule has 1 amide bonds. The first-order valence-corrected chi connectivity index (χ1v) is 14.1. The van der Waals surface area contributed by atoms with Gasteiger partial charge in [-0.3, -0.25) is 9.10 Å². The number of nitrogens with zero attached hydrogens (tertiary/aromatic N) is 1. The van der Waals surface area contributed by atoms with E-state index in [0.717, 1.165) is 34.5 Å². The van der Waals surface area contributed by atoms with Gasteiger partial charge in [-0.25, -0.2) is 8.42 Å². The molecule has 0 aliphatic heterocycles. The number of carbonyl (C=O) groups excluding carboxylic acids is 1. The van der Waals surface area contributed by atoms with Crippen molar-refractivity contribution in [2.45, 2.75) is 46.6 Å². The minimum absolute atomic E-state index is 0.176. The molecular formula is C29H36N2O4S. The summed E-state index contributed by atoms with van der Waals surface area (Å²) in [6.45, 7) is 9.08. The maximum atomic E-state index is 12.8. The third kappa shape index (κ3) is 7.10. The molecule has 36 heavy (non-hydrogen) atoms. The molecule has 1 N–H and O–H groups in total. The number of ether oxygens (including phenoxy) is 1. The second-order valence-corrected chi connectivity index (χ2v) is 11.1. The zero-order valence-electron chi connectivity index (χ0n) is 21.7. The fraction of sp³-hybridized carbons (Fsp3) is 0.345. The van der Waals surface area contributed by atoms with E-state index in [4.69, 9.17) is 4.74 Å². The third-order valence-electron chi connectivity index (χ3n) is 6.07. The highest BCUT2D eigenvalue weighted by Gasteiger charge is 2.23. The van der Waals surface area contributed by atoms with Crippen molar-refractivity contribution in [3.8, 4) is 5.75 Å². The Bertz CT molecular complexity index is 1270. The molecule has 6 nitrogen and oxygen atoms in total. The maximum absolute atomic E-state index is 12.8. The number of benzene rings is 3. The largest absolute Gasteiger partial charge is 0.492 e. The van der Waals surface area contributed by atoms with Crippen LogP contribution in [-0.4, -0.2) is 33.7 Å². The Morgan fingerprint density at radius 2 is 1.61 bits per heavy atom. The Morgan fingerprint density at radius 3 is 2.19 bits per heavy atom. The summed E-state index contributed by atoms with van der Waals surface area (Å²) in [7, 11) is -3.52. The Labute approximate surface area is 215 Å². The van der Waals surface area contributed by atoms with E-state index in [-0.39, 0.29) is 18.4 Å². The molecule has 0 bridgehead atoms. The Morgan fingerprint density at radius 1 is 0.972 bits per heavy atom. The number of rotatable bonds is 11. The number of aryl methyl sites for hydroxylation is 2. The molecule has 3 rings (SSSR count). The van der Waals surface area contributed by atoms with E-state index in [1.807, 2.05) is 49.4 Å². The van der Waals surface area contributed by atoms with E-state index in [1.54, 1.807) is 24.3 Å². The third-order valence-corrected chi connectivity index (χ3v) is 7.18. The van der Waals surface area contributed by atoms with Crippen LogP contribution in [0, 0.1) is 6.92 Å². The van der Waals surface area contributed by atoms with Gasteiger partial charge in [-0.15, -0.1) is 0 Å². The van der Waals surface area contributed by atoms with Crippen molar-refractivity contribution in [3.63, 3.8) is 0 Å². The van der Waals surface area contributed by atoms with Crippen molar-refractivity contribution in [1.29, 1.82) is 0 Å². The average molecular weight is 509 g/mol. The Hall–Kier alpha value is -3.32.